The number of carbonyl (C=O) groups excluding carboxylic acids is 1. The molecule has 4 aliphatic rings. The number of halogens is 1. The number of rotatable bonds is 11. The van der Waals surface area contributed by atoms with Gasteiger partial charge in [-0.2, -0.15) is 0 Å². The zero-order valence-electron chi connectivity index (χ0n) is 27.5. The average Bonchev–Trinajstić information content (AvgIpc) is 3.01. The van der Waals surface area contributed by atoms with E-state index in [0.29, 0.717) is 31.0 Å². The molecule has 0 unspecified atom stereocenters. The summed E-state index contributed by atoms with van der Waals surface area (Å²) in [7, 11) is -3.23. The van der Waals surface area contributed by atoms with Gasteiger partial charge in [0.25, 0.3) is 5.91 Å². The predicted molar refractivity (Wildman–Crippen MR) is 175 cm³/mol. The van der Waals surface area contributed by atoms with Crippen molar-refractivity contribution < 1.29 is 32.2 Å². The lowest BCUT2D eigenvalue weighted by Crippen LogP contribution is -2.61. The molecule has 14 heteroatoms. The summed E-state index contributed by atoms with van der Waals surface area (Å²) in [5.74, 6) is 0.496. The lowest BCUT2D eigenvalue weighted by molar-refractivity contribution is -0.0299. The number of hydrogen-bond acceptors (Lipinski definition) is 10. The number of piperidine rings is 1. The molecule has 47 heavy (non-hydrogen) atoms. The van der Waals surface area contributed by atoms with Crippen LogP contribution in [0.3, 0.4) is 0 Å². The Kier molecular flexibility index (Phi) is 10.1. The number of aliphatic hydroxyl groups is 1. The molecular weight excluding hydrogens is 627 g/mol. The van der Waals surface area contributed by atoms with Gasteiger partial charge in [0.2, 0.25) is 10.0 Å². The molecule has 1 aromatic carbocycles. The summed E-state index contributed by atoms with van der Waals surface area (Å²) < 4.78 is 53.3. The molecule has 3 saturated heterocycles. The number of sulfonamides is 1. The van der Waals surface area contributed by atoms with Crippen LogP contribution < -0.4 is 14.4 Å². The van der Waals surface area contributed by atoms with Gasteiger partial charge >= 0.3 is 0 Å². The zero-order valence-corrected chi connectivity index (χ0v) is 28.3. The molecule has 12 nitrogen and oxygen atoms in total. The van der Waals surface area contributed by atoms with Gasteiger partial charge < -0.3 is 29.3 Å². The van der Waals surface area contributed by atoms with Gasteiger partial charge in [0.1, 0.15) is 17.9 Å². The molecule has 1 aliphatic carbocycles. The Morgan fingerprint density at radius 2 is 1.96 bits per heavy atom. The van der Waals surface area contributed by atoms with E-state index in [2.05, 4.69) is 24.5 Å². The predicted octanol–water partition coefficient (Wildman–Crippen LogP) is 3.17. The third-order valence-corrected chi connectivity index (χ3v) is 11.6. The smallest absolute Gasteiger partial charge is 0.258 e. The number of nitrogens with zero attached hydrogens (tertiary/aromatic N) is 5. The van der Waals surface area contributed by atoms with Crippen molar-refractivity contribution >= 4 is 21.7 Å². The number of aromatic nitrogens is 2. The van der Waals surface area contributed by atoms with E-state index >= 15 is 0 Å². The molecule has 1 amide bonds. The molecule has 1 spiro atoms. The number of anilines is 1. The molecule has 1 aromatic heterocycles. The van der Waals surface area contributed by atoms with Crippen LogP contribution in [0.15, 0.2) is 30.7 Å². The molecule has 2 aromatic rings. The Bertz CT molecular complexity index is 1520. The first-order valence-electron chi connectivity index (χ1n) is 16.8. The molecule has 258 valence electrons. The zero-order chi connectivity index (χ0) is 33.3. The highest BCUT2D eigenvalue weighted by Gasteiger charge is 2.46. The van der Waals surface area contributed by atoms with Crippen LogP contribution in [0, 0.1) is 11.2 Å². The summed E-state index contributed by atoms with van der Waals surface area (Å²) in [4.78, 5) is 28.8. The molecule has 1 saturated carbocycles. The van der Waals surface area contributed by atoms with Crippen LogP contribution in [0.25, 0.3) is 0 Å². The first-order valence-corrected chi connectivity index (χ1v) is 18.5. The van der Waals surface area contributed by atoms with Gasteiger partial charge in [-0.3, -0.25) is 4.79 Å². The number of amides is 1. The fourth-order valence-electron chi connectivity index (χ4n) is 7.35. The highest BCUT2D eigenvalue weighted by Crippen LogP contribution is 2.45. The average molecular weight is 675 g/mol. The third-order valence-electron chi connectivity index (χ3n) is 10.2. The fourth-order valence-corrected chi connectivity index (χ4v) is 8.21. The third kappa shape index (κ3) is 7.72. The highest BCUT2D eigenvalue weighted by molar-refractivity contribution is 7.89. The topological polar surface area (TPSA) is 137 Å². The number of hydrogen-bond donors (Lipinski definition) is 2. The summed E-state index contributed by atoms with van der Waals surface area (Å²) in [5, 5.41) is 9.86. The van der Waals surface area contributed by atoms with Crippen LogP contribution in [0.2, 0.25) is 0 Å². The van der Waals surface area contributed by atoms with Gasteiger partial charge in [0, 0.05) is 43.2 Å². The van der Waals surface area contributed by atoms with Gasteiger partial charge in [0.15, 0.2) is 11.6 Å². The lowest BCUT2D eigenvalue weighted by Gasteiger charge is -2.54. The summed E-state index contributed by atoms with van der Waals surface area (Å²) in [6, 6.07) is 3.57. The summed E-state index contributed by atoms with van der Waals surface area (Å²) in [6.07, 6.45) is 7.47. The van der Waals surface area contributed by atoms with Crippen molar-refractivity contribution in [2.24, 2.45) is 5.41 Å². The van der Waals surface area contributed by atoms with E-state index in [4.69, 9.17) is 9.47 Å². The molecule has 0 bridgehead atoms. The van der Waals surface area contributed by atoms with E-state index < -0.39 is 21.9 Å². The molecule has 2 N–H and O–H groups in total. The summed E-state index contributed by atoms with van der Waals surface area (Å²) in [6.45, 7) is 10.3. The van der Waals surface area contributed by atoms with Crippen molar-refractivity contribution in [1.29, 1.82) is 0 Å². The number of benzene rings is 1. The van der Waals surface area contributed by atoms with Gasteiger partial charge in [-0.1, -0.05) is 0 Å². The van der Waals surface area contributed by atoms with Gasteiger partial charge in [0.05, 0.1) is 36.3 Å². The second kappa shape index (κ2) is 13.9. The standard InChI is InChI=1S/C33H47FN6O6S/c1-4-47(43,44)37-24-6-7-27(45-18-24)17-38-11-9-33(10-12-38)19-39(20-33)31-30(16-35-21-36-31)46-29-8-5-23(34)13-28(29)32(42)40(22(2)3)25-14-26(41)15-25/h5,8,13,16,21-22,24-27,37,41H,4,6-7,9-12,14-15,17-20H2,1-3H3/t24-,25?,26?,27+/m1/s1. The van der Waals surface area contributed by atoms with E-state index in [1.807, 2.05) is 13.8 Å². The molecule has 2 atom stereocenters. The minimum absolute atomic E-state index is 0.0757. The van der Waals surface area contributed by atoms with E-state index in [1.165, 1.54) is 24.5 Å². The molecular formula is C33H47FN6O6S. The second-order valence-electron chi connectivity index (χ2n) is 13.9. The van der Waals surface area contributed by atoms with Crippen LogP contribution in [-0.2, 0) is 14.8 Å². The van der Waals surface area contributed by atoms with E-state index in [9.17, 15) is 22.7 Å². The first-order chi connectivity index (χ1) is 22.4. The van der Waals surface area contributed by atoms with Crippen molar-refractivity contribution in [3.05, 3.63) is 42.1 Å². The molecule has 0 radical (unpaired) electrons. The van der Waals surface area contributed by atoms with Crippen molar-refractivity contribution in [2.75, 3.05) is 50.0 Å². The van der Waals surface area contributed by atoms with E-state index in [1.54, 1.807) is 18.0 Å². The van der Waals surface area contributed by atoms with Gasteiger partial charge in [-0.05, 0) is 90.6 Å². The van der Waals surface area contributed by atoms with Crippen LogP contribution >= 0.6 is 0 Å². The van der Waals surface area contributed by atoms with Crippen molar-refractivity contribution in [3.63, 3.8) is 0 Å². The molecule has 4 fully saturated rings. The normalized spacial score (nSPS) is 26.1. The van der Waals surface area contributed by atoms with E-state index in [-0.39, 0.29) is 52.6 Å². The van der Waals surface area contributed by atoms with Crippen molar-refractivity contribution in [3.8, 4) is 11.5 Å². The number of likely N-dealkylation sites (tertiary alicyclic amines) is 1. The Morgan fingerprint density at radius 1 is 1.21 bits per heavy atom. The number of nitrogens with one attached hydrogen (secondary N) is 1. The molecule has 6 rings (SSSR count). The van der Waals surface area contributed by atoms with Crippen LogP contribution in [0.5, 0.6) is 11.5 Å². The summed E-state index contributed by atoms with van der Waals surface area (Å²) in [5.41, 5.74) is 0.305. The number of carbonyl (C=O) groups is 1. The van der Waals surface area contributed by atoms with E-state index in [0.717, 1.165) is 58.4 Å². The largest absolute Gasteiger partial charge is 0.451 e. The fraction of sp³-hybridized carbons (Fsp3) is 0.667. The minimum Gasteiger partial charge on any atom is -0.451 e. The maximum Gasteiger partial charge on any atom is 0.258 e. The SMILES string of the molecule is CCS(=O)(=O)N[C@@H]1CC[C@@H](CN2CCC3(CC2)CN(c2ncncc2Oc2ccc(F)cc2C(=O)N(C(C)C)C2CC(O)C2)C3)OC1. The number of ether oxygens (including phenoxy) is 2. The van der Waals surface area contributed by atoms with Crippen LogP contribution in [0.4, 0.5) is 10.2 Å². The lowest BCUT2D eigenvalue weighted by atomic mass is 9.72. The van der Waals surface area contributed by atoms with Gasteiger partial charge in [-0.25, -0.2) is 27.5 Å². The van der Waals surface area contributed by atoms with Gasteiger partial charge in [-0.15, -0.1) is 0 Å². The second-order valence-corrected chi connectivity index (χ2v) is 16.0. The molecule has 4 heterocycles. The maximum absolute atomic E-state index is 14.5. The minimum atomic E-state index is -3.23. The Hall–Kier alpha value is -2.91. The van der Waals surface area contributed by atoms with Crippen molar-refractivity contribution in [1.82, 2.24) is 24.5 Å². The van der Waals surface area contributed by atoms with Crippen LogP contribution in [0.1, 0.15) is 69.7 Å². The highest BCUT2D eigenvalue weighted by atomic mass is 32.2. The number of aliphatic hydroxyl groups excluding tert-OH is 1. The molecule has 3 aliphatic heterocycles. The first kappa shape index (κ1) is 34.0. The maximum atomic E-state index is 14.5. The quantitative estimate of drug-likeness (QED) is 0.366. The Morgan fingerprint density at radius 3 is 2.60 bits per heavy atom. The van der Waals surface area contributed by atoms with Crippen molar-refractivity contribution in [2.45, 2.75) is 89.6 Å². The summed E-state index contributed by atoms with van der Waals surface area (Å²) >= 11 is 0. The monoisotopic (exact) mass is 674 g/mol. The Labute approximate surface area is 276 Å². The Balaban J connectivity index is 1.04. The van der Waals surface area contributed by atoms with Crippen LogP contribution in [-0.4, -0.2) is 115 Å².